The van der Waals surface area contributed by atoms with E-state index in [4.69, 9.17) is 14.7 Å². The Balaban J connectivity index is 2.09. The maximum Gasteiger partial charge on any atom is 0.318 e. The summed E-state index contributed by atoms with van der Waals surface area (Å²) in [5.41, 5.74) is 1.08. The topological polar surface area (TPSA) is 68.0 Å². The molecule has 0 radical (unpaired) electrons. The lowest BCUT2D eigenvalue weighted by molar-refractivity contribution is -0.0739. The van der Waals surface area contributed by atoms with Crippen molar-refractivity contribution in [2.24, 2.45) is 0 Å². The number of aromatic nitrogens is 2. The van der Waals surface area contributed by atoms with Crippen LogP contribution >= 0.6 is 0 Å². The van der Waals surface area contributed by atoms with Crippen LogP contribution in [0.5, 0.6) is 6.01 Å². The molecule has 1 aliphatic rings. The van der Waals surface area contributed by atoms with Crippen molar-refractivity contribution in [3.8, 4) is 12.1 Å². The number of nitriles is 1. The normalized spacial score (nSPS) is 27.6. The summed E-state index contributed by atoms with van der Waals surface area (Å²) in [4.78, 5) is 8.26. The van der Waals surface area contributed by atoms with Gasteiger partial charge < -0.3 is 9.47 Å². The molecule has 0 saturated carbocycles. The second-order valence-electron chi connectivity index (χ2n) is 4.76. The number of hydrogen-bond donors (Lipinski definition) is 0. The Morgan fingerprint density at radius 3 is 2.61 bits per heavy atom. The van der Waals surface area contributed by atoms with Crippen LogP contribution < -0.4 is 4.74 Å². The highest BCUT2D eigenvalue weighted by Crippen LogP contribution is 2.22. The highest BCUT2D eigenvalue weighted by molar-refractivity contribution is 5.23. The van der Waals surface area contributed by atoms with Gasteiger partial charge in [0.25, 0.3) is 0 Å². The van der Waals surface area contributed by atoms with Crippen LogP contribution in [-0.4, -0.2) is 28.3 Å². The molecule has 0 N–H and O–H groups in total. The van der Waals surface area contributed by atoms with Crippen LogP contribution in [-0.2, 0) is 4.74 Å². The van der Waals surface area contributed by atoms with Gasteiger partial charge in [-0.05, 0) is 26.8 Å². The van der Waals surface area contributed by atoms with Crippen molar-refractivity contribution in [1.82, 2.24) is 9.97 Å². The van der Waals surface area contributed by atoms with E-state index in [2.05, 4.69) is 9.97 Å². The minimum absolute atomic E-state index is 0.0529. The van der Waals surface area contributed by atoms with Crippen LogP contribution in [0.4, 0.5) is 0 Å². The molecule has 0 amide bonds. The molecular formula is C13H17N3O2. The maximum atomic E-state index is 8.86. The molecule has 5 nitrogen and oxygen atoms in total. The molecule has 2 unspecified atom stereocenters. The van der Waals surface area contributed by atoms with E-state index in [0.29, 0.717) is 5.69 Å². The van der Waals surface area contributed by atoms with Gasteiger partial charge >= 0.3 is 6.01 Å². The SMILES string of the molecule is Cc1cc(C#N)nc(OC2CC(C)OC(C)C2)n1. The van der Waals surface area contributed by atoms with Gasteiger partial charge in [-0.25, -0.2) is 4.98 Å². The molecule has 5 heteroatoms. The molecule has 0 aromatic carbocycles. The fraction of sp³-hybridized carbons (Fsp3) is 0.615. The third kappa shape index (κ3) is 3.17. The molecule has 1 aromatic heterocycles. The fourth-order valence-corrected chi connectivity index (χ4v) is 2.24. The third-order valence-corrected chi connectivity index (χ3v) is 2.87. The van der Waals surface area contributed by atoms with E-state index < -0.39 is 0 Å². The van der Waals surface area contributed by atoms with E-state index in [1.807, 2.05) is 26.8 Å². The first-order valence-electron chi connectivity index (χ1n) is 6.14. The maximum absolute atomic E-state index is 8.86. The van der Waals surface area contributed by atoms with Crippen LogP contribution in [0.25, 0.3) is 0 Å². The van der Waals surface area contributed by atoms with E-state index in [1.165, 1.54) is 0 Å². The molecule has 1 aliphatic heterocycles. The summed E-state index contributed by atoms with van der Waals surface area (Å²) in [5, 5.41) is 8.86. The highest BCUT2D eigenvalue weighted by Gasteiger charge is 2.26. The van der Waals surface area contributed by atoms with Crippen LogP contribution in [0, 0.1) is 18.3 Å². The van der Waals surface area contributed by atoms with Gasteiger partial charge in [0.05, 0.1) is 12.2 Å². The molecule has 1 aromatic rings. The minimum Gasteiger partial charge on any atom is -0.460 e. The van der Waals surface area contributed by atoms with E-state index in [0.717, 1.165) is 18.5 Å². The van der Waals surface area contributed by atoms with E-state index in [-0.39, 0.29) is 24.3 Å². The van der Waals surface area contributed by atoms with Gasteiger partial charge in [-0.15, -0.1) is 0 Å². The van der Waals surface area contributed by atoms with E-state index >= 15 is 0 Å². The predicted octanol–water partition coefficient (Wildman–Crippen LogP) is 1.99. The van der Waals surface area contributed by atoms with Crippen LogP contribution in [0.1, 0.15) is 38.1 Å². The standard InChI is InChI=1S/C13H17N3O2/c1-8-4-11(7-14)16-13(15-8)18-12-5-9(2)17-10(3)6-12/h4,9-10,12H,5-6H2,1-3H3. The van der Waals surface area contributed by atoms with Gasteiger partial charge in [-0.1, -0.05) is 0 Å². The zero-order valence-corrected chi connectivity index (χ0v) is 10.9. The summed E-state index contributed by atoms with van der Waals surface area (Å²) in [5.74, 6) is 0. The largest absolute Gasteiger partial charge is 0.460 e. The first-order valence-corrected chi connectivity index (χ1v) is 6.14. The monoisotopic (exact) mass is 247 g/mol. The molecular weight excluding hydrogens is 230 g/mol. The Labute approximate surface area is 107 Å². The number of rotatable bonds is 2. The Morgan fingerprint density at radius 2 is 2.00 bits per heavy atom. The third-order valence-electron chi connectivity index (χ3n) is 2.87. The average Bonchev–Trinajstić information content (AvgIpc) is 2.26. The molecule has 2 rings (SSSR count). The zero-order chi connectivity index (χ0) is 13.1. The summed E-state index contributed by atoms with van der Waals surface area (Å²) < 4.78 is 11.4. The Bertz CT molecular complexity index is 460. The molecule has 2 heterocycles. The summed E-state index contributed by atoms with van der Waals surface area (Å²) >= 11 is 0. The summed E-state index contributed by atoms with van der Waals surface area (Å²) in [6.45, 7) is 5.89. The van der Waals surface area contributed by atoms with Crippen molar-refractivity contribution in [3.05, 3.63) is 17.5 Å². The van der Waals surface area contributed by atoms with Gasteiger partial charge in [0.2, 0.25) is 0 Å². The lowest BCUT2D eigenvalue weighted by Crippen LogP contribution is -2.36. The molecule has 0 bridgehead atoms. The Hall–Kier alpha value is -1.67. The second-order valence-corrected chi connectivity index (χ2v) is 4.76. The van der Waals surface area contributed by atoms with E-state index in [9.17, 15) is 0 Å². The van der Waals surface area contributed by atoms with Gasteiger partial charge in [-0.2, -0.15) is 10.2 Å². The average molecular weight is 247 g/mol. The molecule has 0 spiro atoms. The molecule has 2 atom stereocenters. The smallest absolute Gasteiger partial charge is 0.318 e. The zero-order valence-electron chi connectivity index (χ0n) is 10.9. The van der Waals surface area contributed by atoms with E-state index in [1.54, 1.807) is 6.07 Å². The number of aryl methyl sites for hydroxylation is 1. The lowest BCUT2D eigenvalue weighted by Gasteiger charge is -2.31. The van der Waals surface area contributed by atoms with Gasteiger partial charge in [0, 0.05) is 18.5 Å². The molecule has 96 valence electrons. The molecule has 1 saturated heterocycles. The summed E-state index contributed by atoms with van der Waals surface area (Å²) in [6.07, 6.45) is 2.06. The Kier molecular flexibility index (Phi) is 3.78. The van der Waals surface area contributed by atoms with Crippen LogP contribution in [0.2, 0.25) is 0 Å². The first-order chi connectivity index (χ1) is 8.56. The van der Waals surface area contributed by atoms with Gasteiger partial charge in [-0.3, -0.25) is 0 Å². The van der Waals surface area contributed by atoms with Crippen molar-refractivity contribution < 1.29 is 9.47 Å². The fourth-order valence-electron chi connectivity index (χ4n) is 2.24. The molecule has 1 fully saturated rings. The predicted molar refractivity (Wildman–Crippen MR) is 65.1 cm³/mol. The number of hydrogen-bond acceptors (Lipinski definition) is 5. The number of ether oxygens (including phenoxy) is 2. The molecule has 18 heavy (non-hydrogen) atoms. The number of nitrogens with zero attached hydrogens (tertiary/aromatic N) is 3. The Morgan fingerprint density at radius 1 is 1.33 bits per heavy atom. The van der Waals surface area contributed by atoms with Crippen LogP contribution in [0.3, 0.4) is 0 Å². The first kappa shape index (κ1) is 12.8. The minimum atomic E-state index is 0.0529. The van der Waals surface area contributed by atoms with Crippen molar-refractivity contribution in [2.45, 2.75) is 51.9 Å². The van der Waals surface area contributed by atoms with Gasteiger partial charge in [0.15, 0.2) is 0 Å². The summed E-state index contributed by atoms with van der Waals surface area (Å²) in [7, 11) is 0. The second kappa shape index (κ2) is 5.32. The van der Waals surface area contributed by atoms with Crippen LogP contribution in [0.15, 0.2) is 6.07 Å². The quantitative estimate of drug-likeness (QED) is 0.799. The van der Waals surface area contributed by atoms with Crippen molar-refractivity contribution in [2.75, 3.05) is 0 Å². The lowest BCUT2D eigenvalue weighted by atomic mass is 10.0. The molecule has 0 aliphatic carbocycles. The highest BCUT2D eigenvalue weighted by atomic mass is 16.5. The van der Waals surface area contributed by atoms with Crippen molar-refractivity contribution in [3.63, 3.8) is 0 Å². The van der Waals surface area contributed by atoms with Crippen molar-refractivity contribution in [1.29, 1.82) is 5.26 Å². The van der Waals surface area contributed by atoms with Gasteiger partial charge in [0.1, 0.15) is 17.9 Å². The van der Waals surface area contributed by atoms with Crippen molar-refractivity contribution >= 4 is 0 Å². The summed E-state index contributed by atoms with van der Waals surface area (Å²) in [6, 6.07) is 3.94.